The summed E-state index contributed by atoms with van der Waals surface area (Å²) in [6.45, 7) is 0. The van der Waals surface area contributed by atoms with Crippen molar-refractivity contribution in [3.8, 4) is 39.9 Å². The first kappa shape index (κ1) is 15.5. The largest absolute Gasteiger partial charge is 0.507 e. The fourth-order valence-corrected chi connectivity index (χ4v) is 2.51. The lowest BCUT2D eigenvalue weighted by molar-refractivity contribution is 0.367. The minimum Gasteiger partial charge on any atom is -0.507 e. The molecule has 0 aliphatic carbocycles. The minimum atomic E-state index is -0.531. The molecule has 0 aliphatic rings. The minimum absolute atomic E-state index is 0.0518. The Balaban J connectivity index is 2.30. The van der Waals surface area contributed by atoms with Gasteiger partial charge in [0.2, 0.25) is 11.2 Å². The van der Waals surface area contributed by atoms with Gasteiger partial charge in [0.15, 0.2) is 22.8 Å². The van der Waals surface area contributed by atoms with Gasteiger partial charge in [-0.2, -0.15) is 0 Å². The standard InChI is InChI=1S/C17H14O7/c1-22-13-4-3-8(5-10(13)18)9-7-24-17-14(15(9)21)11(19)6-12(20)16(17)23-2/h3-7,18-20H,1-2H3. The van der Waals surface area contributed by atoms with Crippen molar-refractivity contribution >= 4 is 11.0 Å². The van der Waals surface area contributed by atoms with E-state index < -0.39 is 11.2 Å². The molecule has 2 aromatic carbocycles. The van der Waals surface area contributed by atoms with Gasteiger partial charge in [-0.25, -0.2) is 0 Å². The predicted octanol–water partition coefficient (Wildman–Crippen LogP) is 2.59. The van der Waals surface area contributed by atoms with Crippen molar-refractivity contribution in [2.75, 3.05) is 14.2 Å². The number of hydrogen-bond donors (Lipinski definition) is 3. The normalized spacial score (nSPS) is 10.8. The number of phenols is 3. The monoisotopic (exact) mass is 330 g/mol. The SMILES string of the molecule is COc1ccc(-c2coc3c(OC)c(O)cc(O)c3c2=O)cc1O. The second kappa shape index (κ2) is 5.69. The zero-order chi connectivity index (χ0) is 17.4. The molecule has 0 aliphatic heterocycles. The van der Waals surface area contributed by atoms with Crippen molar-refractivity contribution in [3.63, 3.8) is 0 Å². The molecule has 124 valence electrons. The highest BCUT2D eigenvalue weighted by Gasteiger charge is 2.20. The summed E-state index contributed by atoms with van der Waals surface area (Å²) in [7, 11) is 2.72. The maximum Gasteiger partial charge on any atom is 0.204 e. The molecule has 3 aromatic rings. The van der Waals surface area contributed by atoms with Crippen molar-refractivity contribution in [1.29, 1.82) is 0 Å². The smallest absolute Gasteiger partial charge is 0.204 e. The van der Waals surface area contributed by atoms with Gasteiger partial charge in [-0.3, -0.25) is 4.79 Å². The first-order chi connectivity index (χ1) is 11.5. The van der Waals surface area contributed by atoms with Crippen LogP contribution >= 0.6 is 0 Å². The molecule has 1 heterocycles. The van der Waals surface area contributed by atoms with Gasteiger partial charge in [0, 0.05) is 6.07 Å². The van der Waals surface area contributed by atoms with E-state index in [4.69, 9.17) is 13.9 Å². The summed E-state index contributed by atoms with van der Waals surface area (Å²) in [4.78, 5) is 12.7. The zero-order valence-corrected chi connectivity index (χ0v) is 12.9. The van der Waals surface area contributed by atoms with E-state index in [1.54, 1.807) is 6.07 Å². The highest BCUT2D eigenvalue weighted by Crippen LogP contribution is 2.40. The molecule has 3 rings (SSSR count). The average Bonchev–Trinajstić information content (AvgIpc) is 2.55. The van der Waals surface area contributed by atoms with Crippen LogP contribution in [0.25, 0.3) is 22.1 Å². The Morgan fingerprint density at radius 3 is 2.33 bits per heavy atom. The third-order valence-corrected chi connectivity index (χ3v) is 3.66. The highest BCUT2D eigenvalue weighted by molar-refractivity contribution is 5.93. The lowest BCUT2D eigenvalue weighted by Gasteiger charge is -2.10. The summed E-state index contributed by atoms with van der Waals surface area (Å²) >= 11 is 0. The predicted molar refractivity (Wildman–Crippen MR) is 86.0 cm³/mol. The molecule has 0 bridgehead atoms. The van der Waals surface area contributed by atoms with Crippen LogP contribution in [0.4, 0.5) is 0 Å². The van der Waals surface area contributed by atoms with Crippen molar-refractivity contribution in [2.45, 2.75) is 0 Å². The molecule has 1 aromatic heterocycles. The van der Waals surface area contributed by atoms with Crippen LogP contribution in [0.15, 0.2) is 39.7 Å². The number of ether oxygens (including phenoxy) is 2. The van der Waals surface area contributed by atoms with Crippen molar-refractivity contribution in [2.24, 2.45) is 0 Å². The van der Waals surface area contributed by atoms with E-state index in [9.17, 15) is 20.1 Å². The molecule has 0 saturated carbocycles. The van der Waals surface area contributed by atoms with E-state index in [-0.39, 0.29) is 39.5 Å². The number of hydrogen-bond acceptors (Lipinski definition) is 7. The van der Waals surface area contributed by atoms with Crippen LogP contribution in [0.5, 0.6) is 28.7 Å². The maximum atomic E-state index is 12.7. The zero-order valence-electron chi connectivity index (χ0n) is 12.9. The summed E-state index contributed by atoms with van der Waals surface area (Å²) in [6, 6.07) is 5.44. The Morgan fingerprint density at radius 2 is 1.71 bits per heavy atom. The number of fused-ring (bicyclic) bond motifs is 1. The van der Waals surface area contributed by atoms with Crippen LogP contribution in [0.1, 0.15) is 0 Å². The van der Waals surface area contributed by atoms with Crippen molar-refractivity contribution in [3.05, 3.63) is 40.8 Å². The average molecular weight is 330 g/mol. The van der Waals surface area contributed by atoms with Crippen molar-refractivity contribution < 1.29 is 29.2 Å². The van der Waals surface area contributed by atoms with Crippen LogP contribution in [-0.4, -0.2) is 29.5 Å². The van der Waals surface area contributed by atoms with Gasteiger partial charge >= 0.3 is 0 Å². The van der Waals surface area contributed by atoms with Crippen LogP contribution in [0.3, 0.4) is 0 Å². The topological polar surface area (TPSA) is 109 Å². The number of methoxy groups -OCH3 is 2. The quantitative estimate of drug-likeness (QED) is 0.677. The van der Waals surface area contributed by atoms with E-state index in [2.05, 4.69) is 0 Å². The number of benzene rings is 2. The number of phenolic OH excluding ortho intramolecular Hbond substituents is 3. The van der Waals surface area contributed by atoms with E-state index >= 15 is 0 Å². The third kappa shape index (κ3) is 2.26. The summed E-state index contributed by atoms with van der Waals surface area (Å²) in [5.74, 6) is -0.707. The van der Waals surface area contributed by atoms with Crippen LogP contribution in [-0.2, 0) is 0 Å². The van der Waals surface area contributed by atoms with Gasteiger partial charge in [-0.1, -0.05) is 6.07 Å². The molecule has 0 spiro atoms. The number of aromatic hydroxyl groups is 3. The molecule has 0 unspecified atom stereocenters. The third-order valence-electron chi connectivity index (χ3n) is 3.66. The molecule has 24 heavy (non-hydrogen) atoms. The lowest BCUT2D eigenvalue weighted by atomic mass is 10.0. The lowest BCUT2D eigenvalue weighted by Crippen LogP contribution is -2.06. The van der Waals surface area contributed by atoms with Crippen LogP contribution in [0, 0.1) is 0 Å². The fourth-order valence-electron chi connectivity index (χ4n) is 2.51. The first-order valence-corrected chi connectivity index (χ1v) is 6.89. The van der Waals surface area contributed by atoms with Crippen molar-refractivity contribution in [1.82, 2.24) is 0 Å². The molecular formula is C17H14O7. The molecular weight excluding hydrogens is 316 g/mol. The Labute approximate surface area is 135 Å². The second-order valence-corrected chi connectivity index (χ2v) is 5.02. The Bertz CT molecular complexity index is 988. The molecule has 7 heteroatoms. The van der Waals surface area contributed by atoms with Gasteiger partial charge in [-0.05, 0) is 17.7 Å². The van der Waals surface area contributed by atoms with Crippen LogP contribution in [0.2, 0.25) is 0 Å². The van der Waals surface area contributed by atoms with Crippen LogP contribution < -0.4 is 14.9 Å². The molecule has 3 N–H and O–H groups in total. The molecule has 0 atom stereocenters. The molecule has 0 fully saturated rings. The van der Waals surface area contributed by atoms with E-state index in [1.807, 2.05) is 0 Å². The van der Waals surface area contributed by atoms with E-state index in [0.29, 0.717) is 5.56 Å². The molecule has 0 amide bonds. The van der Waals surface area contributed by atoms with Gasteiger partial charge in [0.1, 0.15) is 17.4 Å². The van der Waals surface area contributed by atoms with Gasteiger partial charge < -0.3 is 29.2 Å². The summed E-state index contributed by atoms with van der Waals surface area (Å²) in [6.07, 6.45) is 1.17. The van der Waals surface area contributed by atoms with E-state index in [0.717, 1.165) is 6.07 Å². The maximum absolute atomic E-state index is 12.7. The van der Waals surface area contributed by atoms with Gasteiger partial charge in [-0.15, -0.1) is 0 Å². The molecule has 0 radical (unpaired) electrons. The molecule has 7 nitrogen and oxygen atoms in total. The summed E-state index contributed by atoms with van der Waals surface area (Å²) < 4.78 is 15.4. The summed E-state index contributed by atoms with van der Waals surface area (Å²) in [5.41, 5.74) is -0.0861. The Hall–Kier alpha value is -3.35. The van der Waals surface area contributed by atoms with E-state index in [1.165, 1.54) is 32.6 Å². The van der Waals surface area contributed by atoms with Gasteiger partial charge in [0.05, 0.1) is 19.8 Å². The first-order valence-electron chi connectivity index (χ1n) is 6.89. The Kier molecular flexibility index (Phi) is 3.69. The second-order valence-electron chi connectivity index (χ2n) is 5.02. The Morgan fingerprint density at radius 1 is 0.958 bits per heavy atom. The molecule has 0 saturated heterocycles. The fraction of sp³-hybridized carbons (Fsp3) is 0.118. The highest BCUT2D eigenvalue weighted by atomic mass is 16.5. The van der Waals surface area contributed by atoms with Gasteiger partial charge in [0.25, 0.3) is 0 Å². The number of rotatable bonds is 3. The summed E-state index contributed by atoms with van der Waals surface area (Å²) in [5, 5.41) is 29.5.